The second-order valence-corrected chi connectivity index (χ2v) is 6.24. The zero-order valence-corrected chi connectivity index (χ0v) is 14.0. The average molecular weight is 335 g/mol. The number of benzene rings is 1. The maximum Gasteiger partial charge on any atom is 0.231 e. The van der Waals surface area contributed by atoms with Crippen molar-refractivity contribution in [1.82, 2.24) is 25.3 Å². The van der Waals surface area contributed by atoms with Crippen molar-refractivity contribution < 1.29 is 4.52 Å². The molecule has 6 nitrogen and oxygen atoms in total. The monoisotopic (exact) mass is 335 g/mol. The van der Waals surface area contributed by atoms with Gasteiger partial charge in [-0.3, -0.25) is 9.88 Å². The quantitative estimate of drug-likeness (QED) is 0.771. The largest absolute Gasteiger partial charge is 0.339 e. The van der Waals surface area contributed by atoms with Gasteiger partial charge < -0.3 is 9.84 Å². The van der Waals surface area contributed by atoms with Crippen molar-refractivity contribution >= 4 is 0 Å². The van der Waals surface area contributed by atoms with E-state index in [1.165, 1.54) is 11.1 Å². The van der Waals surface area contributed by atoms with Crippen LogP contribution in [0.4, 0.5) is 0 Å². The molecule has 3 aromatic rings. The Morgan fingerprint density at radius 1 is 1.16 bits per heavy atom. The van der Waals surface area contributed by atoms with Crippen LogP contribution in [-0.4, -0.2) is 39.7 Å². The van der Waals surface area contributed by atoms with E-state index in [1.54, 1.807) is 6.20 Å². The number of aromatic nitrogens is 3. The van der Waals surface area contributed by atoms with Crippen LogP contribution in [0, 0.1) is 0 Å². The zero-order valence-electron chi connectivity index (χ0n) is 14.0. The molecule has 2 aromatic heterocycles. The molecule has 0 saturated carbocycles. The summed E-state index contributed by atoms with van der Waals surface area (Å²) in [4.78, 5) is 11.2. The van der Waals surface area contributed by atoms with Gasteiger partial charge in [-0.05, 0) is 17.2 Å². The maximum absolute atomic E-state index is 5.44. The van der Waals surface area contributed by atoms with Gasteiger partial charge in [0.2, 0.25) is 5.89 Å². The van der Waals surface area contributed by atoms with Gasteiger partial charge in [0.05, 0.1) is 13.0 Å². The first kappa shape index (κ1) is 15.9. The predicted octanol–water partition coefficient (Wildman–Crippen LogP) is 2.20. The first-order valence-corrected chi connectivity index (χ1v) is 8.58. The van der Waals surface area contributed by atoms with E-state index in [0.29, 0.717) is 18.9 Å². The molecule has 1 fully saturated rings. The number of hydrogen-bond acceptors (Lipinski definition) is 6. The first-order valence-electron chi connectivity index (χ1n) is 8.58. The number of rotatable bonds is 5. The standard InChI is InChI=1S/C19H21N5O/c1-2-5-15(6-3-1)11-19-22-18(23-25-19)14-24-10-9-21-13-17(24)16-7-4-8-20-12-16/h1-8,12,17,21H,9-11,13-14H2. The van der Waals surface area contributed by atoms with Gasteiger partial charge in [0, 0.05) is 38.1 Å². The molecule has 1 aromatic carbocycles. The normalized spacial score (nSPS) is 18.3. The van der Waals surface area contributed by atoms with Gasteiger partial charge in [0.15, 0.2) is 5.82 Å². The van der Waals surface area contributed by atoms with Crippen molar-refractivity contribution in [2.75, 3.05) is 19.6 Å². The third kappa shape index (κ3) is 3.92. The summed E-state index contributed by atoms with van der Waals surface area (Å²) in [6.45, 7) is 3.49. The molecule has 1 aliphatic rings. The Morgan fingerprint density at radius 3 is 2.92 bits per heavy atom. The molecule has 1 saturated heterocycles. The molecule has 0 aliphatic carbocycles. The summed E-state index contributed by atoms with van der Waals surface area (Å²) in [5.41, 5.74) is 2.39. The minimum atomic E-state index is 0.276. The van der Waals surface area contributed by atoms with Crippen LogP contribution in [0.25, 0.3) is 0 Å². The van der Waals surface area contributed by atoms with Crippen LogP contribution in [0.15, 0.2) is 59.4 Å². The number of pyridine rings is 1. The van der Waals surface area contributed by atoms with Gasteiger partial charge in [-0.2, -0.15) is 4.98 Å². The third-order valence-electron chi connectivity index (χ3n) is 4.48. The fourth-order valence-corrected chi connectivity index (χ4v) is 3.22. The van der Waals surface area contributed by atoms with Crippen LogP contribution in [0.3, 0.4) is 0 Å². The van der Waals surface area contributed by atoms with Gasteiger partial charge in [-0.1, -0.05) is 41.6 Å². The lowest BCUT2D eigenvalue weighted by Crippen LogP contribution is -2.45. The fourth-order valence-electron chi connectivity index (χ4n) is 3.22. The summed E-state index contributed by atoms with van der Waals surface area (Å²) >= 11 is 0. The van der Waals surface area contributed by atoms with Crippen LogP contribution in [0.5, 0.6) is 0 Å². The molecular weight excluding hydrogens is 314 g/mol. The molecule has 0 amide bonds. The molecule has 25 heavy (non-hydrogen) atoms. The molecular formula is C19H21N5O. The number of nitrogens with zero attached hydrogens (tertiary/aromatic N) is 4. The molecule has 1 N–H and O–H groups in total. The SMILES string of the molecule is c1ccc(Cc2nc(CN3CCNCC3c3cccnc3)no2)cc1. The highest BCUT2D eigenvalue weighted by molar-refractivity contribution is 5.18. The highest BCUT2D eigenvalue weighted by Gasteiger charge is 2.25. The summed E-state index contributed by atoms with van der Waals surface area (Å²) in [6.07, 6.45) is 4.41. The Kier molecular flexibility index (Phi) is 4.81. The average Bonchev–Trinajstić information content (AvgIpc) is 3.10. The molecule has 128 valence electrons. The van der Waals surface area contributed by atoms with Crippen molar-refractivity contribution in [3.8, 4) is 0 Å². The summed E-state index contributed by atoms with van der Waals surface area (Å²) in [5, 5.41) is 7.62. The minimum Gasteiger partial charge on any atom is -0.339 e. The molecule has 0 radical (unpaired) electrons. The van der Waals surface area contributed by atoms with Gasteiger partial charge >= 0.3 is 0 Å². The molecule has 0 spiro atoms. The van der Waals surface area contributed by atoms with Crippen molar-refractivity contribution in [2.24, 2.45) is 0 Å². The van der Waals surface area contributed by atoms with Gasteiger partial charge in [0.25, 0.3) is 0 Å². The first-order chi connectivity index (χ1) is 12.4. The summed E-state index contributed by atoms with van der Waals surface area (Å²) in [5.74, 6) is 1.40. The van der Waals surface area contributed by atoms with E-state index in [2.05, 4.69) is 43.5 Å². The fraction of sp³-hybridized carbons (Fsp3) is 0.316. The molecule has 1 atom stereocenters. The predicted molar refractivity (Wildman–Crippen MR) is 93.8 cm³/mol. The highest BCUT2D eigenvalue weighted by Crippen LogP contribution is 2.23. The van der Waals surface area contributed by atoms with Crippen molar-refractivity contribution in [2.45, 2.75) is 19.0 Å². The molecule has 1 aliphatic heterocycles. The molecule has 4 rings (SSSR count). The van der Waals surface area contributed by atoms with E-state index in [1.807, 2.05) is 30.5 Å². The van der Waals surface area contributed by atoms with Gasteiger partial charge in [0.1, 0.15) is 0 Å². The zero-order chi connectivity index (χ0) is 16.9. The lowest BCUT2D eigenvalue weighted by Gasteiger charge is -2.35. The van der Waals surface area contributed by atoms with E-state index in [0.717, 1.165) is 25.5 Å². The summed E-state index contributed by atoms with van der Waals surface area (Å²) in [7, 11) is 0. The highest BCUT2D eigenvalue weighted by atomic mass is 16.5. The molecule has 6 heteroatoms. The molecule has 0 bridgehead atoms. The number of hydrogen-bond donors (Lipinski definition) is 1. The minimum absolute atomic E-state index is 0.276. The van der Waals surface area contributed by atoms with E-state index < -0.39 is 0 Å². The van der Waals surface area contributed by atoms with E-state index in [4.69, 9.17) is 4.52 Å². The lowest BCUT2D eigenvalue weighted by molar-refractivity contribution is 0.148. The van der Waals surface area contributed by atoms with Crippen LogP contribution in [0.2, 0.25) is 0 Å². The Bertz CT molecular complexity index is 790. The number of piperazine rings is 1. The van der Waals surface area contributed by atoms with E-state index >= 15 is 0 Å². The molecule has 1 unspecified atom stereocenters. The van der Waals surface area contributed by atoms with Crippen LogP contribution in [0.1, 0.15) is 28.9 Å². The van der Waals surface area contributed by atoms with E-state index in [9.17, 15) is 0 Å². The Balaban J connectivity index is 1.45. The second-order valence-electron chi connectivity index (χ2n) is 6.24. The van der Waals surface area contributed by atoms with Crippen LogP contribution < -0.4 is 5.32 Å². The van der Waals surface area contributed by atoms with Gasteiger partial charge in [-0.15, -0.1) is 0 Å². The summed E-state index contributed by atoms with van der Waals surface area (Å²) in [6, 6.07) is 14.6. The van der Waals surface area contributed by atoms with Crippen molar-refractivity contribution in [1.29, 1.82) is 0 Å². The summed E-state index contributed by atoms with van der Waals surface area (Å²) < 4.78 is 5.44. The van der Waals surface area contributed by atoms with E-state index in [-0.39, 0.29) is 6.04 Å². The van der Waals surface area contributed by atoms with Crippen molar-refractivity contribution in [3.63, 3.8) is 0 Å². The van der Waals surface area contributed by atoms with Crippen LogP contribution >= 0.6 is 0 Å². The maximum atomic E-state index is 5.44. The van der Waals surface area contributed by atoms with Gasteiger partial charge in [-0.25, -0.2) is 0 Å². The smallest absolute Gasteiger partial charge is 0.231 e. The van der Waals surface area contributed by atoms with Crippen molar-refractivity contribution in [3.05, 3.63) is 77.7 Å². The third-order valence-corrected chi connectivity index (χ3v) is 4.48. The Morgan fingerprint density at radius 2 is 2.08 bits per heavy atom. The number of nitrogens with one attached hydrogen (secondary N) is 1. The Labute approximate surface area is 146 Å². The molecule has 3 heterocycles. The van der Waals surface area contributed by atoms with Crippen LogP contribution in [-0.2, 0) is 13.0 Å². The topological polar surface area (TPSA) is 67.1 Å². The Hall–Kier alpha value is -2.57. The second kappa shape index (κ2) is 7.55. The lowest BCUT2D eigenvalue weighted by atomic mass is 10.1.